The van der Waals surface area contributed by atoms with E-state index in [1.807, 2.05) is 0 Å². The van der Waals surface area contributed by atoms with Gasteiger partial charge in [-0.25, -0.2) is 14.2 Å². The molecule has 0 aliphatic carbocycles. The smallest absolute Gasteiger partial charge is 0.416 e. The summed E-state index contributed by atoms with van der Waals surface area (Å²) < 4.78 is 5.08. The molecule has 0 saturated carbocycles. The van der Waals surface area contributed by atoms with E-state index in [1.165, 1.54) is 6.07 Å². The maximum absolute atomic E-state index is 11.3. The number of benzene rings is 1. The molecule has 120 valence electrons. The first-order valence-electron chi connectivity index (χ1n) is 6.15. The first-order valence-corrected chi connectivity index (χ1v) is 6.15. The second-order valence-electron chi connectivity index (χ2n) is 4.54. The van der Waals surface area contributed by atoms with Crippen LogP contribution in [-0.2, 0) is 16.1 Å². The quantitative estimate of drug-likeness (QED) is 0.492. The summed E-state index contributed by atoms with van der Waals surface area (Å²) >= 11 is 0. The minimum Gasteiger partial charge on any atom is -0.477 e. The number of carboxylic acid groups (broad SMARTS) is 2. The maximum atomic E-state index is 11.3. The molecule has 1 aromatic carbocycles. The van der Waals surface area contributed by atoms with Gasteiger partial charge in [0.2, 0.25) is 0 Å². The highest BCUT2D eigenvalue weighted by atomic mass is 16.6. The third-order valence-electron chi connectivity index (χ3n) is 2.98. The number of rotatable bonds is 4. The van der Waals surface area contributed by atoms with E-state index in [4.69, 9.17) is 14.9 Å². The highest BCUT2D eigenvalue weighted by molar-refractivity contribution is 6.03. The summed E-state index contributed by atoms with van der Waals surface area (Å²) in [7, 11) is 0. The molecule has 0 spiro atoms. The molecule has 0 aliphatic rings. The fourth-order valence-corrected chi connectivity index (χ4v) is 2.15. The van der Waals surface area contributed by atoms with Crippen LogP contribution >= 0.6 is 0 Å². The van der Waals surface area contributed by atoms with Gasteiger partial charge in [-0.15, -0.1) is 0 Å². The lowest BCUT2D eigenvalue weighted by molar-refractivity contribution is -0.383. The Morgan fingerprint density at radius 3 is 2.39 bits per heavy atom. The van der Waals surface area contributed by atoms with Gasteiger partial charge in [0.25, 0.3) is 5.69 Å². The van der Waals surface area contributed by atoms with Crippen LogP contribution in [-0.4, -0.2) is 37.7 Å². The SMILES string of the molecule is CC(=O)OCc1cc([N+](=O)[O-])c2c(c1)cc(C(=O)O)n2C(=O)O. The number of hydrogen-bond donors (Lipinski definition) is 2. The number of ether oxygens (including phenoxy) is 1. The molecule has 2 N–H and O–H groups in total. The zero-order valence-corrected chi connectivity index (χ0v) is 11.7. The van der Waals surface area contributed by atoms with Gasteiger partial charge in [-0.1, -0.05) is 0 Å². The van der Waals surface area contributed by atoms with Crippen LogP contribution in [0.15, 0.2) is 18.2 Å². The summed E-state index contributed by atoms with van der Waals surface area (Å²) in [5.74, 6) is -2.14. The molecule has 0 amide bonds. The molecular weight excluding hydrogens is 312 g/mol. The summed E-state index contributed by atoms with van der Waals surface area (Å²) in [5, 5.41) is 29.5. The van der Waals surface area contributed by atoms with Crippen LogP contribution in [0.1, 0.15) is 23.0 Å². The number of carbonyl (C=O) groups excluding carboxylic acids is 1. The molecule has 0 unspecified atom stereocenters. The van der Waals surface area contributed by atoms with E-state index in [0.29, 0.717) is 4.57 Å². The van der Waals surface area contributed by atoms with Gasteiger partial charge in [-0.2, -0.15) is 0 Å². The zero-order chi connectivity index (χ0) is 17.3. The van der Waals surface area contributed by atoms with Gasteiger partial charge < -0.3 is 14.9 Å². The number of nitro benzene ring substituents is 1. The minimum atomic E-state index is -1.66. The molecule has 0 radical (unpaired) electrons. The van der Waals surface area contributed by atoms with Crippen molar-refractivity contribution in [2.75, 3.05) is 0 Å². The van der Waals surface area contributed by atoms with Crippen molar-refractivity contribution in [1.82, 2.24) is 4.57 Å². The summed E-state index contributed by atoms with van der Waals surface area (Å²) in [6.07, 6.45) is -1.66. The van der Waals surface area contributed by atoms with Crippen molar-refractivity contribution in [1.29, 1.82) is 0 Å². The number of nitrogens with zero attached hydrogens (tertiary/aromatic N) is 2. The Bertz CT molecular complexity index is 851. The van der Waals surface area contributed by atoms with Crippen LogP contribution in [0.4, 0.5) is 10.5 Å². The average Bonchev–Trinajstić information content (AvgIpc) is 2.83. The van der Waals surface area contributed by atoms with Crippen LogP contribution < -0.4 is 0 Å². The predicted octanol–water partition coefficient (Wildman–Crippen LogP) is 1.84. The first-order chi connectivity index (χ1) is 10.7. The number of esters is 1. The lowest BCUT2D eigenvalue weighted by atomic mass is 10.1. The number of aromatic nitrogens is 1. The summed E-state index contributed by atoms with van der Waals surface area (Å²) in [6.45, 7) is 0.906. The predicted molar refractivity (Wildman–Crippen MR) is 74.4 cm³/mol. The van der Waals surface area contributed by atoms with Crippen LogP contribution in [0.5, 0.6) is 0 Å². The number of carbonyl (C=O) groups is 3. The molecular formula is C13H10N2O8. The van der Waals surface area contributed by atoms with E-state index in [-0.39, 0.29) is 23.1 Å². The Labute approximate surface area is 127 Å². The van der Waals surface area contributed by atoms with Crippen molar-refractivity contribution in [3.63, 3.8) is 0 Å². The summed E-state index contributed by atoms with van der Waals surface area (Å²) in [5.41, 5.74) is -1.34. The summed E-state index contributed by atoms with van der Waals surface area (Å²) in [4.78, 5) is 43.6. The Morgan fingerprint density at radius 2 is 1.91 bits per heavy atom. The molecule has 0 bridgehead atoms. The molecule has 2 rings (SSSR count). The molecule has 0 saturated heterocycles. The zero-order valence-electron chi connectivity index (χ0n) is 11.7. The first kappa shape index (κ1) is 15.9. The monoisotopic (exact) mass is 322 g/mol. The van der Waals surface area contributed by atoms with Gasteiger partial charge in [0.1, 0.15) is 17.8 Å². The van der Waals surface area contributed by atoms with Gasteiger partial charge >= 0.3 is 18.0 Å². The number of carboxylic acids is 1. The Morgan fingerprint density at radius 1 is 1.26 bits per heavy atom. The van der Waals surface area contributed by atoms with E-state index < -0.39 is 34.3 Å². The van der Waals surface area contributed by atoms with Gasteiger partial charge in [-0.05, 0) is 17.7 Å². The lowest BCUT2D eigenvalue weighted by Gasteiger charge is -2.05. The van der Waals surface area contributed by atoms with Crippen molar-refractivity contribution < 1.29 is 34.3 Å². The largest absolute Gasteiger partial charge is 0.477 e. The van der Waals surface area contributed by atoms with Crippen LogP contribution in [0, 0.1) is 10.1 Å². The van der Waals surface area contributed by atoms with E-state index in [9.17, 15) is 24.5 Å². The Balaban J connectivity index is 2.77. The van der Waals surface area contributed by atoms with Crippen LogP contribution in [0.25, 0.3) is 10.9 Å². The number of non-ortho nitro benzene ring substituents is 1. The fourth-order valence-electron chi connectivity index (χ4n) is 2.15. The Kier molecular flexibility index (Phi) is 3.99. The summed E-state index contributed by atoms with van der Waals surface area (Å²) in [6, 6.07) is 3.38. The lowest BCUT2D eigenvalue weighted by Crippen LogP contribution is -2.15. The minimum absolute atomic E-state index is 0.0427. The topological polar surface area (TPSA) is 149 Å². The molecule has 10 heteroatoms. The molecule has 10 nitrogen and oxygen atoms in total. The van der Waals surface area contributed by atoms with E-state index >= 15 is 0 Å². The van der Waals surface area contributed by atoms with Gasteiger partial charge in [0, 0.05) is 18.4 Å². The second kappa shape index (κ2) is 5.75. The number of fused-ring (bicyclic) bond motifs is 1. The average molecular weight is 322 g/mol. The van der Waals surface area contributed by atoms with Crippen molar-refractivity contribution in [2.45, 2.75) is 13.5 Å². The highest BCUT2D eigenvalue weighted by Gasteiger charge is 2.26. The van der Waals surface area contributed by atoms with Crippen molar-refractivity contribution in [3.8, 4) is 0 Å². The third-order valence-corrected chi connectivity index (χ3v) is 2.98. The highest BCUT2D eigenvalue weighted by Crippen LogP contribution is 2.31. The molecule has 0 atom stereocenters. The molecule has 1 aromatic heterocycles. The fraction of sp³-hybridized carbons (Fsp3) is 0.154. The van der Waals surface area contributed by atoms with Crippen LogP contribution in [0.3, 0.4) is 0 Å². The van der Waals surface area contributed by atoms with Crippen molar-refractivity contribution in [3.05, 3.63) is 39.6 Å². The van der Waals surface area contributed by atoms with Crippen LogP contribution in [0.2, 0.25) is 0 Å². The van der Waals surface area contributed by atoms with E-state index in [1.54, 1.807) is 0 Å². The molecule has 0 fully saturated rings. The standard InChI is InChI=1S/C13H10N2O8/c1-6(16)23-5-7-2-8-4-10(12(17)18)14(13(19)20)11(8)9(3-7)15(21)22/h2-4H,5H2,1H3,(H,17,18)(H,19,20). The number of nitro groups is 1. The van der Waals surface area contributed by atoms with E-state index in [2.05, 4.69) is 0 Å². The van der Waals surface area contributed by atoms with E-state index in [0.717, 1.165) is 19.1 Å². The van der Waals surface area contributed by atoms with Crippen molar-refractivity contribution >= 4 is 34.6 Å². The Hall–Kier alpha value is -3.43. The second-order valence-corrected chi connectivity index (χ2v) is 4.54. The maximum Gasteiger partial charge on any atom is 0.416 e. The normalized spacial score (nSPS) is 10.5. The number of hydrogen-bond acceptors (Lipinski definition) is 6. The molecule has 23 heavy (non-hydrogen) atoms. The third kappa shape index (κ3) is 2.95. The molecule has 0 aliphatic heterocycles. The van der Waals surface area contributed by atoms with Gasteiger partial charge in [-0.3, -0.25) is 14.9 Å². The molecule has 2 aromatic rings. The van der Waals surface area contributed by atoms with Crippen molar-refractivity contribution in [2.24, 2.45) is 0 Å². The van der Waals surface area contributed by atoms with Gasteiger partial charge in [0.05, 0.1) is 4.92 Å². The van der Waals surface area contributed by atoms with Gasteiger partial charge in [0.15, 0.2) is 0 Å². The molecule has 1 heterocycles. The number of aromatic carboxylic acids is 1.